The van der Waals surface area contributed by atoms with Crippen molar-refractivity contribution in [2.24, 2.45) is 0 Å². The fourth-order valence-electron chi connectivity index (χ4n) is 2.88. The van der Waals surface area contributed by atoms with Gasteiger partial charge in [-0.2, -0.15) is 4.98 Å². The maximum absolute atomic E-state index is 12.5. The zero-order valence-corrected chi connectivity index (χ0v) is 11.9. The molecule has 4 N–H and O–H groups in total. The highest BCUT2D eigenvalue weighted by atomic mass is 16.5. The number of hydrogen-bond acceptors (Lipinski definition) is 8. The molecule has 0 saturated carbocycles. The highest BCUT2D eigenvalue weighted by molar-refractivity contribution is 5.71. The second-order valence-electron chi connectivity index (χ2n) is 5.47. The Balaban J connectivity index is 1.82. The molecule has 2 aliphatic rings. The van der Waals surface area contributed by atoms with Crippen molar-refractivity contribution in [2.75, 3.05) is 11.9 Å². The number of nitrogens with one attached hydrogen (secondary N) is 1. The van der Waals surface area contributed by atoms with Crippen LogP contribution in [0.2, 0.25) is 0 Å². The predicted molar refractivity (Wildman–Crippen MR) is 77.4 cm³/mol. The lowest BCUT2D eigenvalue weighted by molar-refractivity contribution is -0.0432. The molecule has 0 amide bonds. The first-order valence-corrected chi connectivity index (χ1v) is 7.15. The van der Waals surface area contributed by atoms with Gasteiger partial charge in [-0.1, -0.05) is 0 Å². The Bertz CT molecular complexity index is 843. The molecule has 4 rings (SSSR count). The Morgan fingerprint density at radius 2 is 2.26 bits per heavy atom. The number of hydrogen-bond donors (Lipinski definition) is 4. The molecule has 2 aromatic rings. The fourth-order valence-corrected chi connectivity index (χ4v) is 2.88. The molecule has 122 valence electrons. The monoisotopic (exact) mass is 321 g/mol. The van der Waals surface area contributed by atoms with Crippen LogP contribution < -0.4 is 10.9 Å². The van der Waals surface area contributed by atoms with Gasteiger partial charge in [0, 0.05) is 12.6 Å². The van der Waals surface area contributed by atoms with Crippen LogP contribution >= 0.6 is 0 Å². The smallest absolute Gasteiger partial charge is 0.285 e. The summed E-state index contributed by atoms with van der Waals surface area (Å²) in [5, 5.41) is 31.7. The lowest BCUT2D eigenvalue weighted by Crippen LogP contribution is -2.30. The molecular formula is C13H15N5O5. The topological polar surface area (TPSA) is 135 Å². The van der Waals surface area contributed by atoms with E-state index in [4.69, 9.17) is 4.74 Å². The second-order valence-corrected chi connectivity index (χ2v) is 5.47. The summed E-state index contributed by atoms with van der Waals surface area (Å²) in [4.78, 5) is 20.9. The molecule has 2 aliphatic heterocycles. The number of ether oxygens (including phenoxy) is 1. The number of aliphatic hydroxyl groups excluding tert-OH is 3. The zero-order chi connectivity index (χ0) is 16.1. The Kier molecular flexibility index (Phi) is 3.20. The number of fused-ring (bicyclic) bond motifs is 2. The van der Waals surface area contributed by atoms with Crippen LogP contribution in [0.1, 0.15) is 18.9 Å². The molecule has 0 bridgehead atoms. The summed E-state index contributed by atoms with van der Waals surface area (Å²) >= 11 is 0. The first kappa shape index (κ1) is 14.3. The minimum absolute atomic E-state index is 0.0930. The molecule has 1 unspecified atom stereocenters. The molecule has 4 atom stereocenters. The minimum Gasteiger partial charge on any atom is -0.394 e. The van der Waals surface area contributed by atoms with Crippen molar-refractivity contribution in [3.8, 4) is 0 Å². The van der Waals surface area contributed by atoms with Gasteiger partial charge in [-0.15, -0.1) is 0 Å². The lowest BCUT2D eigenvalue weighted by Gasteiger charge is -2.19. The normalized spacial score (nSPS) is 29.7. The summed E-state index contributed by atoms with van der Waals surface area (Å²) in [6.45, 7) is -0.297. The quantitative estimate of drug-likeness (QED) is 0.534. The van der Waals surface area contributed by atoms with Gasteiger partial charge in [0.1, 0.15) is 12.3 Å². The van der Waals surface area contributed by atoms with Crippen molar-refractivity contribution in [1.29, 1.82) is 0 Å². The Hall–Kier alpha value is -2.27. The minimum atomic E-state index is -1.11. The van der Waals surface area contributed by atoms with Crippen molar-refractivity contribution in [3.63, 3.8) is 0 Å². The summed E-state index contributed by atoms with van der Waals surface area (Å²) < 4.78 is 8.21. The van der Waals surface area contributed by atoms with Crippen molar-refractivity contribution in [1.82, 2.24) is 19.1 Å². The second kappa shape index (κ2) is 5.13. The van der Waals surface area contributed by atoms with Crippen LogP contribution in [0.25, 0.3) is 11.2 Å². The van der Waals surface area contributed by atoms with E-state index in [9.17, 15) is 20.1 Å². The third-order valence-corrected chi connectivity index (χ3v) is 4.07. The fraction of sp³-hybridized carbons (Fsp3) is 0.462. The van der Waals surface area contributed by atoms with Gasteiger partial charge in [-0.05, 0) is 6.08 Å². The summed E-state index contributed by atoms with van der Waals surface area (Å²) in [5.41, 5.74) is -0.104. The summed E-state index contributed by atoms with van der Waals surface area (Å²) in [6, 6.07) is 0. The Labute approximate surface area is 129 Å². The van der Waals surface area contributed by atoms with Gasteiger partial charge in [0.25, 0.3) is 5.56 Å². The lowest BCUT2D eigenvalue weighted by atomic mass is 10.2. The number of rotatable bonds is 2. The highest BCUT2D eigenvalue weighted by Gasteiger charge is 2.35. The molecule has 23 heavy (non-hydrogen) atoms. The van der Waals surface area contributed by atoms with E-state index in [2.05, 4.69) is 15.3 Å². The molecule has 1 saturated heterocycles. The van der Waals surface area contributed by atoms with Crippen molar-refractivity contribution < 1.29 is 20.1 Å². The average molecular weight is 321 g/mol. The molecule has 10 heteroatoms. The van der Waals surface area contributed by atoms with Gasteiger partial charge in [0.05, 0.1) is 19.0 Å². The summed E-state index contributed by atoms with van der Waals surface area (Å²) in [6.07, 6.45) is 1.41. The van der Waals surface area contributed by atoms with E-state index in [1.54, 1.807) is 4.57 Å². The van der Waals surface area contributed by atoms with E-state index in [0.717, 1.165) is 4.57 Å². The van der Waals surface area contributed by atoms with Crippen molar-refractivity contribution in [2.45, 2.75) is 31.1 Å². The first-order chi connectivity index (χ1) is 11.1. The predicted octanol–water partition coefficient (Wildman–Crippen LogP) is -1.34. The van der Waals surface area contributed by atoms with Gasteiger partial charge in [0.15, 0.2) is 17.4 Å². The van der Waals surface area contributed by atoms with Gasteiger partial charge in [0.2, 0.25) is 5.95 Å². The maximum atomic E-state index is 12.5. The molecule has 2 aromatic heterocycles. The molecule has 10 nitrogen and oxygen atoms in total. The van der Waals surface area contributed by atoms with E-state index >= 15 is 0 Å². The van der Waals surface area contributed by atoms with Crippen molar-refractivity contribution >= 4 is 17.1 Å². The SMILES string of the molecule is O=c1c2ncn([C@H]3C[C@H](O)[C@@H](CO)O3)c2nc2n1C(O)C=CN2. The van der Waals surface area contributed by atoms with E-state index in [0.29, 0.717) is 0 Å². The van der Waals surface area contributed by atoms with Crippen LogP contribution in [0.3, 0.4) is 0 Å². The molecular weight excluding hydrogens is 306 g/mol. The standard InChI is InChI=1S/C13H15N5O5/c19-4-7-6(20)3-9(23-7)17-5-15-10-11(17)16-13-14-2-1-8(21)18(13)12(10)22/h1-2,5-9,19-21H,3-4H2,(H,14,16)/t6-,7+,8?,9+/m0/s1. The summed E-state index contributed by atoms with van der Waals surface area (Å²) in [7, 11) is 0. The van der Waals surface area contributed by atoms with Crippen LogP contribution in [0.4, 0.5) is 5.95 Å². The Morgan fingerprint density at radius 3 is 3.00 bits per heavy atom. The van der Waals surface area contributed by atoms with E-state index in [-0.39, 0.29) is 30.1 Å². The Morgan fingerprint density at radius 1 is 1.43 bits per heavy atom. The van der Waals surface area contributed by atoms with Gasteiger partial charge in [-0.3, -0.25) is 9.36 Å². The number of aromatic nitrogens is 4. The van der Waals surface area contributed by atoms with E-state index < -0.39 is 30.2 Å². The molecule has 0 spiro atoms. The highest BCUT2D eigenvalue weighted by Crippen LogP contribution is 2.30. The number of aliphatic hydroxyl groups is 3. The largest absolute Gasteiger partial charge is 0.394 e. The summed E-state index contributed by atoms with van der Waals surface area (Å²) in [5.74, 6) is 0.191. The van der Waals surface area contributed by atoms with E-state index in [1.807, 2.05) is 0 Å². The molecule has 4 heterocycles. The van der Waals surface area contributed by atoms with Crippen LogP contribution in [-0.2, 0) is 4.74 Å². The van der Waals surface area contributed by atoms with E-state index in [1.165, 1.54) is 18.6 Å². The van der Waals surface area contributed by atoms with Gasteiger partial charge >= 0.3 is 0 Å². The molecule has 0 aliphatic carbocycles. The van der Waals surface area contributed by atoms with Crippen LogP contribution in [0.5, 0.6) is 0 Å². The van der Waals surface area contributed by atoms with Crippen molar-refractivity contribution in [3.05, 3.63) is 29.0 Å². The third kappa shape index (κ3) is 2.07. The van der Waals surface area contributed by atoms with Crippen LogP contribution in [-0.4, -0.2) is 53.2 Å². The third-order valence-electron chi connectivity index (χ3n) is 4.07. The van der Waals surface area contributed by atoms with Gasteiger partial charge < -0.3 is 25.4 Å². The number of anilines is 1. The van der Waals surface area contributed by atoms with Crippen LogP contribution in [0.15, 0.2) is 23.4 Å². The van der Waals surface area contributed by atoms with Gasteiger partial charge in [-0.25, -0.2) is 9.55 Å². The zero-order valence-electron chi connectivity index (χ0n) is 11.9. The van der Waals surface area contributed by atoms with Crippen LogP contribution in [0, 0.1) is 0 Å². The average Bonchev–Trinajstić information content (AvgIpc) is 3.10. The maximum Gasteiger partial charge on any atom is 0.285 e. The number of imidazole rings is 1. The first-order valence-electron chi connectivity index (χ1n) is 7.15. The molecule has 1 fully saturated rings. The molecule has 0 radical (unpaired) electrons. The number of nitrogens with zero attached hydrogens (tertiary/aromatic N) is 4. The molecule has 0 aromatic carbocycles.